The van der Waals surface area contributed by atoms with Crippen molar-refractivity contribution in [3.05, 3.63) is 63.9 Å². The third-order valence-corrected chi connectivity index (χ3v) is 3.37. The van der Waals surface area contributed by atoms with E-state index in [2.05, 4.69) is 21.2 Å². The number of rotatable bonds is 3. The molecule has 1 nitrogen and oxygen atoms in total. The maximum absolute atomic E-state index is 13.5. The first kappa shape index (κ1) is 13.9. The summed E-state index contributed by atoms with van der Waals surface area (Å²) in [6, 6.07) is 7.74. The lowest BCUT2D eigenvalue weighted by Crippen LogP contribution is -2.09. The Morgan fingerprint density at radius 2 is 1.63 bits per heavy atom. The fraction of sp³-hybridized carbons (Fsp3) is 0.143. The molecule has 0 bridgehead atoms. The van der Waals surface area contributed by atoms with E-state index in [0.29, 0.717) is 4.47 Å². The second kappa shape index (κ2) is 5.65. The Hall–Kier alpha value is -1.49. The van der Waals surface area contributed by atoms with Crippen molar-refractivity contribution in [2.24, 2.45) is 0 Å². The third kappa shape index (κ3) is 3.10. The van der Waals surface area contributed by atoms with E-state index in [1.807, 2.05) is 0 Å². The minimum absolute atomic E-state index is 0.185. The van der Waals surface area contributed by atoms with Gasteiger partial charge in [0.05, 0.1) is 4.47 Å². The monoisotopic (exact) mass is 329 g/mol. The first-order chi connectivity index (χ1) is 8.99. The van der Waals surface area contributed by atoms with Gasteiger partial charge in [-0.25, -0.2) is 13.2 Å². The van der Waals surface area contributed by atoms with Gasteiger partial charge in [-0.2, -0.15) is 0 Å². The number of benzene rings is 2. The Bertz CT molecular complexity index is 581. The predicted molar refractivity (Wildman–Crippen MR) is 72.5 cm³/mol. The lowest BCUT2D eigenvalue weighted by atomic mass is 10.1. The molecule has 0 aliphatic carbocycles. The molecule has 1 unspecified atom stereocenters. The number of hydrogen-bond donors (Lipinski definition) is 1. The molecule has 0 heterocycles. The SMILES string of the molecule is CC(Nc1c(F)cccc1F)c1ccc(F)c(Br)c1. The molecular formula is C14H11BrF3N. The van der Waals surface area contributed by atoms with Crippen LogP contribution in [0.25, 0.3) is 0 Å². The molecule has 0 aromatic heterocycles. The molecule has 0 amide bonds. The van der Waals surface area contributed by atoms with Gasteiger partial charge >= 0.3 is 0 Å². The largest absolute Gasteiger partial charge is 0.374 e. The molecule has 0 aliphatic rings. The van der Waals surface area contributed by atoms with Crippen LogP contribution in [-0.4, -0.2) is 0 Å². The van der Waals surface area contributed by atoms with E-state index in [9.17, 15) is 13.2 Å². The molecular weight excluding hydrogens is 319 g/mol. The van der Waals surface area contributed by atoms with E-state index in [1.165, 1.54) is 24.3 Å². The number of anilines is 1. The van der Waals surface area contributed by atoms with Gasteiger partial charge in [-0.15, -0.1) is 0 Å². The molecule has 1 atom stereocenters. The first-order valence-corrected chi connectivity index (χ1v) is 6.44. The molecule has 2 aromatic carbocycles. The summed E-state index contributed by atoms with van der Waals surface area (Å²) in [6.45, 7) is 1.74. The van der Waals surface area contributed by atoms with Gasteiger partial charge in [-0.3, -0.25) is 0 Å². The summed E-state index contributed by atoms with van der Waals surface area (Å²) in [5, 5.41) is 2.75. The lowest BCUT2D eigenvalue weighted by molar-refractivity contribution is 0.584. The fourth-order valence-corrected chi connectivity index (χ4v) is 2.11. The second-order valence-corrected chi connectivity index (χ2v) is 4.99. The van der Waals surface area contributed by atoms with Crippen LogP contribution in [0.4, 0.5) is 18.9 Å². The molecule has 5 heteroatoms. The zero-order chi connectivity index (χ0) is 14.0. The van der Waals surface area contributed by atoms with Crippen molar-refractivity contribution >= 4 is 21.6 Å². The predicted octanol–water partition coefficient (Wildman–Crippen LogP) is 5.04. The van der Waals surface area contributed by atoms with Crippen LogP contribution < -0.4 is 5.32 Å². The van der Waals surface area contributed by atoms with Crippen LogP contribution in [0.1, 0.15) is 18.5 Å². The standard InChI is InChI=1S/C14H11BrF3N/c1-8(9-5-6-11(16)10(15)7-9)19-14-12(17)3-2-4-13(14)18/h2-8,19H,1H3. The molecule has 0 saturated carbocycles. The summed E-state index contributed by atoms with van der Waals surface area (Å²) >= 11 is 3.08. The van der Waals surface area contributed by atoms with Gasteiger partial charge in [0.1, 0.15) is 23.1 Å². The van der Waals surface area contributed by atoms with Gasteiger partial charge in [0.15, 0.2) is 0 Å². The van der Waals surface area contributed by atoms with Crippen molar-refractivity contribution < 1.29 is 13.2 Å². The van der Waals surface area contributed by atoms with Crippen LogP contribution in [0.2, 0.25) is 0 Å². The molecule has 2 rings (SSSR count). The summed E-state index contributed by atoms with van der Waals surface area (Å²) in [6.07, 6.45) is 0. The Labute approximate surface area is 117 Å². The highest BCUT2D eigenvalue weighted by molar-refractivity contribution is 9.10. The Morgan fingerprint density at radius 3 is 2.21 bits per heavy atom. The zero-order valence-corrected chi connectivity index (χ0v) is 11.6. The first-order valence-electron chi connectivity index (χ1n) is 5.64. The van der Waals surface area contributed by atoms with E-state index in [1.54, 1.807) is 19.1 Å². The molecule has 0 fully saturated rings. The highest BCUT2D eigenvalue weighted by Crippen LogP contribution is 2.26. The lowest BCUT2D eigenvalue weighted by Gasteiger charge is -2.17. The van der Waals surface area contributed by atoms with Crippen molar-refractivity contribution in [2.45, 2.75) is 13.0 Å². The van der Waals surface area contributed by atoms with Crippen LogP contribution in [0, 0.1) is 17.5 Å². The topological polar surface area (TPSA) is 12.0 Å². The van der Waals surface area contributed by atoms with E-state index >= 15 is 0 Å². The van der Waals surface area contributed by atoms with E-state index in [0.717, 1.165) is 5.56 Å². The van der Waals surface area contributed by atoms with E-state index < -0.39 is 11.6 Å². The van der Waals surface area contributed by atoms with Gasteiger partial charge in [0.2, 0.25) is 0 Å². The van der Waals surface area contributed by atoms with Gasteiger partial charge in [0, 0.05) is 6.04 Å². The Morgan fingerprint density at radius 1 is 1.00 bits per heavy atom. The Balaban J connectivity index is 2.25. The van der Waals surface area contributed by atoms with Crippen molar-refractivity contribution in [3.63, 3.8) is 0 Å². The van der Waals surface area contributed by atoms with Gasteiger partial charge in [0.25, 0.3) is 0 Å². The average Bonchev–Trinajstić information content (AvgIpc) is 2.37. The summed E-state index contributed by atoms with van der Waals surface area (Å²) in [7, 11) is 0. The highest BCUT2D eigenvalue weighted by Gasteiger charge is 2.13. The van der Waals surface area contributed by atoms with E-state index in [4.69, 9.17) is 0 Å². The number of hydrogen-bond acceptors (Lipinski definition) is 1. The van der Waals surface area contributed by atoms with Crippen LogP contribution in [0.3, 0.4) is 0 Å². The van der Waals surface area contributed by atoms with Crippen LogP contribution in [0.15, 0.2) is 40.9 Å². The smallest absolute Gasteiger partial charge is 0.149 e. The van der Waals surface area contributed by atoms with Crippen LogP contribution in [-0.2, 0) is 0 Å². The van der Waals surface area contributed by atoms with Crippen molar-refractivity contribution in [1.29, 1.82) is 0 Å². The molecule has 100 valence electrons. The summed E-state index contributed by atoms with van der Waals surface area (Å²) < 4.78 is 40.4. The maximum Gasteiger partial charge on any atom is 0.149 e. The minimum Gasteiger partial charge on any atom is -0.374 e. The normalized spacial score (nSPS) is 12.3. The quantitative estimate of drug-likeness (QED) is 0.831. The van der Waals surface area contributed by atoms with Crippen molar-refractivity contribution in [1.82, 2.24) is 0 Å². The molecule has 0 aliphatic heterocycles. The van der Waals surface area contributed by atoms with Crippen molar-refractivity contribution in [2.75, 3.05) is 5.32 Å². The molecule has 0 radical (unpaired) electrons. The summed E-state index contributed by atoms with van der Waals surface area (Å²) in [4.78, 5) is 0. The van der Waals surface area contributed by atoms with Gasteiger partial charge in [-0.05, 0) is 52.7 Å². The Kier molecular flexibility index (Phi) is 4.14. The van der Waals surface area contributed by atoms with Crippen LogP contribution >= 0.6 is 15.9 Å². The third-order valence-electron chi connectivity index (χ3n) is 2.77. The molecule has 0 saturated heterocycles. The van der Waals surface area contributed by atoms with Gasteiger partial charge < -0.3 is 5.32 Å². The van der Waals surface area contributed by atoms with Gasteiger partial charge in [-0.1, -0.05) is 12.1 Å². The maximum atomic E-state index is 13.5. The van der Waals surface area contributed by atoms with E-state index in [-0.39, 0.29) is 17.5 Å². The molecule has 19 heavy (non-hydrogen) atoms. The average molecular weight is 330 g/mol. The van der Waals surface area contributed by atoms with Crippen molar-refractivity contribution in [3.8, 4) is 0 Å². The molecule has 2 aromatic rings. The summed E-state index contributed by atoms with van der Waals surface area (Å²) in [5.41, 5.74) is 0.534. The number of nitrogens with one attached hydrogen (secondary N) is 1. The zero-order valence-electron chi connectivity index (χ0n) is 10.1. The second-order valence-electron chi connectivity index (χ2n) is 4.14. The minimum atomic E-state index is -0.659. The number of para-hydroxylation sites is 1. The molecule has 0 spiro atoms. The number of halogens is 4. The molecule has 1 N–H and O–H groups in total. The van der Waals surface area contributed by atoms with Crippen LogP contribution in [0.5, 0.6) is 0 Å². The fourth-order valence-electron chi connectivity index (χ4n) is 1.72. The summed E-state index contributed by atoms with van der Waals surface area (Å²) in [5.74, 6) is -1.70. The highest BCUT2D eigenvalue weighted by atomic mass is 79.9.